The van der Waals surface area contributed by atoms with E-state index >= 15 is 0 Å². The average Bonchev–Trinajstić information content (AvgIpc) is 2.77. The molecule has 0 spiro atoms. The summed E-state index contributed by atoms with van der Waals surface area (Å²) in [6.45, 7) is 6.89. The number of rotatable bonds is 14. The molecule has 0 aliphatic heterocycles. The van der Waals surface area contributed by atoms with Crippen molar-refractivity contribution in [2.75, 3.05) is 6.61 Å². The first kappa shape index (κ1) is 23.8. The van der Waals surface area contributed by atoms with Crippen LogP contribution in [0.25, 0.3) is 11.4 Å². The third-order valence-corrected chi connectivity index (χ3v) is 5.10. The maximum Gasteiger partial charge on any atom is 0.314 e. The molecular weight excluding hydrogens is 376 g/mol. The standard InChI is InChI=1S/C25H36N2O3/c1-4-6-7-8-9-10-11-17-29-23-18-26-24(27-19-23)21-13-15-22(16-14-21)30-25(28)20(3)12-5-2/h13-16,18-20H,4-12,17H2,1-3H3. The summed E-state index contributed by atoms with van der Waals surface area (Å²) in [5, 5.41) is 0. The molecular formula is C25H36N2O3. The Kier molecular flexibility index (Phi) is 10.9. The van der Waals surface area contributed by atoms with E-state index in [9.17, 15) is 4.79 Å². The largest absolute Gasteiger partial charge is 0.490 e. The number of aromatic nitrogens is 2. The monoisotopic (exact) mass is 412 g/mol. The van der Waals surface area contributed by atoms with Gasteiger partial charge in [-0.05, 0) is 37.1 Å². The lowest BCUT2D eigenvalue weighted by atomic mass is 10.1. The van der Waals surface area contributed by atoms with Crippen molar-refractivity contribution in [3.05, 3.63) is 36.7 Å². The van der Waals surface area contributed by atoms with Gasteiger partial charge in [0.2, 0.25) is 0 Å². The summed E-state index contributed by atoms with van der Waals surface area (Å²) in [5.74, 6) is 1.58. The molecule has 0 bridgehead atoms. The SMILES string of the molecule is CCCCCCCCCOc1cnc(-c2ccc(OC(=O)C(C)CCC)cc2)nc1. The summed E-state index contributed by atoms with van der Waals surface area (Å²) in [5.41, 5.74) is 0.870. The van der Waals surface area contributed by atoms with Crippen LogP contribution in [-0.4, -0.2) is 22.5 Å². The van der Waals surface area contributed by atoms with E-state index in [1.165, 1.54) is 38.5 Å². The molecule has 1 aromatic heterocycles. The van der Waals surface area contributed by atoms with E-state index < -0.39 is 0 Å². The number of unbranched alkanes of at least 4 members (excludes halogenated alkanes) is 6. The molecule has 1 aromatic carbocycles. The van der Waals surface area contributed by atoms with Gasteiger partial charge in [-0.3, -0.25) is 4.79 Å². The summed E-state index contributed by atoms with van der Waals surface area (Å²) >= 11 is 0. The minimum atomic E-state index is -0.191. The lowest BCUT2D eigenvalue weighted by molar-refractivity contribution is -0.138. The van der Waals surface area contributed by atoms with Crippen LogP contribution in [0.5, 0.6) is 11.5 Å². The Morgan fingerprint density at radius 1 is 0.867 bits per heavy atom. The average molecular weight is 413 g/mol. The van der Waals surface area contributed by atoms with Crippen LogP contribution in [0.2, 0.25) is 0 Å². The number of nitrogens with zero attached hydrogens (tertiary/aromatic N) is 2. The van der Waals surface area contributed by atoms with Gasteiger partial charge in [0.1, 0.15) is 5.75 Å². The number of carbonyl (C=O) groups excluding carboxylic acids is 1. The van der Waals surface area contributed by atoms with Gasteiger partial charge in [-0.15, -0.1) is 0 Å². The molecule has 2 rings (SSSR count). The summed E-state index contributed by atoms with van der Waals surface area (Å²) in [6.07, 6.45) is 14.1. The lowest BCUT2D eigenvalue weighted by Gasteiger charge is -2.10. The zero-order valence-electron chi connectivity index (χ0n) is 18.7. The normalized spacial score (nSPS) is 11.8. The van der Waals surface area contributed by atoms with Gasteiger partial charge in [-0.1, -0.05) is 65.7 Å². The maximum absolute atomic E-state index is 12.0. The van der Waals surface area contributed by atoms with Gasteiger partial charge in [-0.2, -0.15) is 0 Å². The molecule has 30 heavy (non-hydrogen) atoms. The van der Waals surface area contributed by atoms with Crippen LogP contribution in [0.3, 0.4) is 0 Å². The van der Waals surface area contributed by atoms with Crippen LogP contribution in [0, 0.1) is 5.92 Å². The highest BCUT2D eigenvalue weighted by Crippen LogP contribution is 2.21. The Labute approximate surface area is 181 Å². The molecule has 0 radical (unpaired) electrons. The molecule has 0 aliphatic carbocycles. The van der Waals surface area contributed by atoms with Crippen LogP contribution < -0.4 is 9.47 Å². The molecule has 5 heteroatoms. The second-order valence-electron chi connectivity index (χ2n) is 7.85. The summed E-state index contributed by atoms with van der Waals surface area (Å²) < 4.78 is 11.2. The van der Waals surface area contributed by atoms with Gasteiger partial charge >= 0.3 is 5.97 Å². The van der Waals surface area contributed by atoms with Gasteiger partial charge in [-0.25, -0.2) is 9.97 Å². The van der Waals surface area contributed by atoms with Crippen LogP contribution in [0.15, 0.2) is 36.7 Å². The minimum absolute atomic E-state index is 0.0911. The Morgan fingerprint density at radius 2 is 1.50 bits per heavy atom. The molecule has 1 atom stereocenters. The van der Waals surface area contributed by atoms with Crippen LogP contribution in [0.4, 0.5) is 0 Å². The van der Waals surface area contributed by atoms with Crippen molar-refractivity contribution in [3.63, 3.8) is 0 Å². The second-order valence-corrected chi connectivity index (χ2v) is 7.85. The fourth-order valence-electron chi connectivity index (χ4n) is 3.23. The van der Waals surface area contributed by atoms with Crippen molar-refractivity contribution in [3.8, 4) is 22.9 Å². The fraction of sp³-hybridized carbons (Fsp3) is 0.560. The topological polar surface area (TPSA) is 61.3 Å². The molecule has 5 nitrogen and oxygen atoms in total. The zero-order chi connectivity index (χ0) is 21.6. The van der Waals surface area contributed by atoms with Gasteiger partial charge in [0.15, 0.2) is 11.6 Å². The predicted molar refractivity (Wildman–Crippen MR) is 121 cm³/mol. The molecule has 164 valence electrons. The number of esters is 1. The van der Waals surface area contributed by atoms with Crippen molar-refractivity contribution in [1.82, 2.24) is 9.97 Å². The molecule has 0 saturated heterocycles. The van der Waals surface area contributed by atoms with Gasteiger partial charge in [0.05, 0.1) is 24.9 Å². The van der Waals surface area contributed by atoms with E-state index in [-0.39, 0.29) is 11.9 Å². The van der Waals surface area contributed by atoms with E-state index in [2.05, 4.69) is 23.8 Å². The quantitative estimate of drug-likeness (QED) is 0.198. The first-order valence-electron chi connectivity index (χ1n) is 11.4. The second kappa shape index (κ2) is 13.7. The van der Waals surface area contributed by atoms with Crippen molar-refractivity contribution in [2.24, 2.45) is 5.92 Å². The van der Waals surface area contributed by atoms with Crippen LogP contribution >= 0.6 is 0 Å². The molecule has 0 N–H and O–H groups in total. The van der Waals surface area contributed by atoms with E-state index in [0.29, 0.717) is 23.9 Å². The van der Waals surface area contributed by atoms with Crippen molar-refractivity contribution in [2.45, 2.75) is 78.6 Å². The minimum Gasteiger partial charge on any atom is -0.490 e. The van der Waals surface area contributed by atoms with Gasteiger partial charge < -0.3 is 9.47 Å². The third kappa shape index (κ3) is 8.52. The Morgan fingerprint density at radius 3 is 2.13 bits per heavy atom. The smallest absolute Gasteiger partial charge is 0.314 e. The highest BCUT2D eigenvalue weighted by Gasteiger charge is 2.14. The van der Waals surface area contributed by atoms with Crippen LogP contribution in [-0.2, 0) is 4.79 Å². The lowest BCUT2D eigenvalue weighted by Crippen LogP contribution is -2.17. The number of carbonyl (C=O) groups is 1. The van der Waals surface area contributed by atoms with Gasteiger partial charge in [0, 0.05) is 5.56 Å². The zero-order valence-corrected chi connectivity index (χ0v) is 18.7. The van der Waals surface area contributed by atoms with E-state index in [1.54, 1.807) is 24.5 Å². The van der Waals surface area contributed by atoms with E-state index in [4.69, 9.17) is 9.47 Å². The van der Waals surface area contributed by atoms with Gasteiger partial charge in [0.25, 0.3) is 0 Å². The van der Waals surface area contributed by atoms with E-state index in [1.807, 2.05) is 19.1 Å². The summed E-state index contributed by atoms with van der Waals surface area (Å²) in [6, 6.07) is 7.28. The first-order valence-corrected chi connectivity index (χ1v) is 11.4. The predicted octanol–water partition coefficient (Wildman–Crippen LogP) is 6.61. The number of hydrogen-bond acceptors (Lipinski definition) is 5. The first-order chi connectivity index (χ1) is 14.6. The van der Waals surface area contributed by atoms with E-state index in [0.717, 1.165) is 24.8 Å². The van der Waals surface area contributed by atoms with Crippen molar-refractivity contribution in [1.29, 1.82) is 0 Å². The van der Waals surface area contributed by atoms with Crippen LogP contribution in [0.1, 0.15) is 78.6 Å². The molecule has 0 fully saturated rings. The fourth-order valence-corrected chi connectivity index (χ4v) is 3.23. The van der Waals surface area contributed by atoms with Crippen molar-refractivity contribution >= 4 is 5.97 Å². The Hall–Kier alpha value is -2.43. The molecule has 0 amide bonds. The van der Waals surface area contributed by atoms with Crippen molar-refractivity contribution < 1.29 is 14.3 Å². The summed E-state index contributed by atoms with van der Waals surface area (Å²) in [7, 11) is 0. The maximum atomic E-state index is 12.0. The highest BCUT2D eigenvalue weighted by molar-refractivity contribution is 5.75. The molecule has 0 saturated carbocycles. The Bertz CT molecular complexity index is 729. The number of benzene rings is 1. The summed E-state index contributed by atoms with van der Waals surface area (Å²) in [4.78, 5) is 20.8. The number of ether oxygens (including phenoxy) is 2. The third-order valence-electron chi connectivity index (χ3n) is 5.10. The molecule has 0 aliphatic rings. The highest BCUT2D eigenvalue weighted by atomic mass is 16.5. The number of hydrogen-bond donors (Lipinski definition) is 0. The molecule has 2 aromatic rings. The Balaban J connectivity index is 1.75. The molecule has 1 unspecified atom stereocenters. The molecule has 1 heterocycles.